The maximum Gasteiger partial charge on any atom is 0.123 e. The Balaban J connectivity index is 2.01. The Bertz CT molecular complexity index is 279. The van der Waals surface area contributed by atoms with Crippen LogP contribution in [0.5, 0.6) is 0 Å². The first-order valence-corrected chi connectivity index (χ1v) is 5.38. The molecule has 1 fully saturated rings. The van der Waals surface area contributed by atoms with Gasteiger partial charge in [-0.25, -0.2) is 0 Å². The normalized spacial score (nSPS) is 21.7. The van der Waals surface area contributed by atoms with E-state index >= 15 is 0 Å². The van der Waals surface area contributed by atoms with Crippen LogP contribution in [0.4, 0.5) is 0 Å². The number of likely N-dealkylation sites (N-methyl/N-ethyl adjacent to an activating group) is 1. The van der Waals surface area contributed by atoms with Gasteiger partial charge in [0.25, 0.3) is 0 Å². The molecular weight excluding hydrogens is 192 g/mol. The molecule has 0 aromatic carbocycles. The minimum atomic E-state index is 0.0219. The van der Waals surface area contributed by atoms with Crippen molar-refractivity contribution in [3.8, 4) is 0 Å². The second-order valence-electron chi connectivity index (χ2n) is 4.05. The molecule has 0 saturated carbocycles. The summed E-state index contributed by atoms with van der Waals surface area (Å²) in [6.07, 6.45) is 1.66. The van der Waals surface area contributed by atoms with E-state index in [0.717, 1.165) is 31.9 Å². The molecule has 0 radical (unpaired) electrons. The van der Waals surface area contributed by atoms with Crippen LogP contribution in [0.1, 0.15) is 11.8 Å². The third-order valence-corrected chi connectivity index (χ3v) is 3.02. The Hall–Kier alpha value is -0.840. The topological polar surface area (TPSA) is 39.9 Å². The van der Waals surface area contributed by atoms with E-state index < -0.39 is 0 Å². The summed E-state index contributed by atoms with van der Waals surface area (Å²) < 4.78 is 5.35. The fourth-order valence-electron chi connectivity index (χ4n) is 2.00. The lowest BCUT2D eigenvalue weighted by Gasteiger charge is -2.36. The van der Waals surface area contributed by atoms with Crippen molar-refractivity contribution in [3.05, 3.63) is 24.2 Å². The third kappa shape index (κ3) is 2.40. The first kappa shape index (κ1) is 10.7. The van der Waals surface area contributed by atoms with Crippen molar-refractivity contribution in [1.82, 2.24) is 9.80 Å². The van der Waals surface area contributed by atoms with Crippen LogP contribution in [0.2, 0.25) is 0 Å². The van der Waals surface area contributed by atoms with Crippen LogP contribution in [0.15, 0.2) is 22.8 Å². The second-order valence-corrected chi connectivity index (χ2v) is 4.05. The molecule has 0 aliphatic carbocycles. The molecule has 2 heterocycles. The molecule has 1 atom stereocenters. The predicted molar refractivity (Wildman–Crippen MR) is 57.6 cm³/mol. The van der Waals surface area contributed by atoms with Crippen molar-refractivity contribution >= 4 is 0 Å². The molecule has 1 N–H and O–H groups in total. The molecule has 1 saturated heterocycles. The van der Waals surface area contributed by atoms with Gasteiger partial charge in [0.05, 0.1) is 18.9 Å². The Morgan fingerprint density at radius 1 is 1.40 bits per heavy atom. The molecule has 1 aliphatic heterocycles. The largest absolute Gasteiger partial charge is 0.468 e. The van der Waals surface area contributed by atoms with Crippen LogP contribution >= 0.6 is 0 Å². The van der Waals surface area contributed by atoms with Gasteiger partial charge in [-0.05, 0) is 19.2 Å². The summed E-state index contributed by atoms with van der Waals surface area (Å²) in [5.74, 6) is 0.863. The van der Waals surface area contributed by atoms with E-state index in [-0.39, 0.29) is 12.6 Å². The standard InChI is InChI=1S/C11H18N2O2/c1-12-4-6-13(7-5-12)10(9-14)11-3-2-8-15-11/h2-3,8,10,14H,4-7,9H2,1H3. The molecule has 0 bridgehead atoms. The van der Waals surface area contributed by atoms with Crippen LogP contribution in [0, 0.1) is 0 Å². The number of piperazine rings is 1. The lowest BCUT2D eigenvalue weighted by atomic mass is 10.1. The molecule has 1 unspecified atom stereocenters. The molecule has 84 valence electrons. The van der Waals surface area contributed by atoms with Crippen molar-refractivity contribution < 1.29 is 9.52 Å². The van der Waals surface area contributed by atoms with Crippen molar-refractivity contribution in [1.29, 1.82) is 0 Å². The molecule has 0 amide bonds. The molecule has 15 heavy (non-hydrogen) atoms. The van der Waals surface area contributed by atoms with E-state index in [1.807, 2.05) is 12.1 Å². The highest BCUT2D eigenvalue weighted by Gasteiger charge is 2.24. The van der Waals surface area contributed by atoms with E-state index in [4.69, 9.17) is 4.42 Å². The van der Waals surface area contributed by atoms with Gasteiger partial charge in [0.15, 0.2) is 0 Å². The van der Waals surface area contributed by atoms with Crippen LogP contribution in [0.25, 0.3) is 0 Å². The van der Waals surface area contributed by atoms with Crippen molar-refractivity contribution in [2.24, 2.45) is 0 Å². The highest BCUT2D eigenvalue weighted by Crippen LogP contribution is 2.21. The second kappa shape index (κ2) is 4.79. The van der Waals surface area contributed by atoms with E-state index in [1.165, 1.54) is 0 Å². The molecule has 1 aliphatic rings. The van der Waals surface area contributed by atoms with Crippen LogP contribution in [-0.2, 0) is 0 Å². The van der Waals surface area contributed by atoms with E-state index in [2.05, 4.69) is 16.8 Å². The zero-order chi connectivity index (χ0) is 10.7. The average molecular weight is 210 g/mol. The summed E-state index contributed by atoms with van der Waals surface area (Å²) in [6, 6.07) is 3.82. The first-order chi connectivity index (χ1) is 7.31. The molecule has 1 aromatic heterocycles. The van der Waals surface area contributed by atoms with Gasteiger partial charge in [-0.15, -0.1) is 0 Å². The van der Waals surface area contributed by atoms with Gasteiger partial charge in [0.2, 0.25) is 0 Å². The van der Waals surface area contributed by atoms with Crippen LogP contribution < -0.4 is 0 Å². The summed E-state index contributed by atoms with van der Waals surface area (Å²) in [5.41, 5.74) is 0. The average Bonchev–Trinajstić information content (AvgIpc) is 2.75. The number of nitrogens with zero attached hydrogens (tertiary/aromatic N) is 2. The SMILES string of the molecule is CN1CCN(C(CO)c2ccco2)CC1. The van der Waals surface area contributed by atoms with E-state index in [9.17, 15) is 5.11 Å². The molecule has 4 heteroatoms. The summed E-state index contributed by atoms with van der Waals surface area (Å²) in [4.78, 5) is 4.58. The molecule has 1 aromatic rings. The smallest absolute Gasteiger partial charge is 0.123 e. The van der Waals surface area contributed by atoms with Crippen molar-refractivity contribution in [2.45, 2.75) is 6.04 Å². The Morgan fingerprint density at radius 2 is 2.13 bits per heavy atom. The number of aliphatic hydroxyl groups excluding tert-OH is 1. The minimum absolute atomic E-state index is 0.0219. The summed E-state index contributed by atoms with van der Waals surface area (Å²) >= 11 is 0. The lowest BCUT2D eigenvalue weighted by Crippen LogP contribution is -2.46. The van der Waals surface area contributed by atoms with Gasteiger partial charge in [-0.3, -0.25) is 4.90 Å². The van der Waals surface area contributed by atoms with Gasteiger partial charge in [0.1, 0.15) is 5.76 Å². The highest BCUT2D eigenvalue weighted by molar-refractivity contribution is 5.05. The zero-order valence-corrected chi connectivity index (χ0v) is 9.09. The Morgan fingerprint density at radius 3 is 2.67 bits per heavy atom. The first-order valence-electron chi connectivity index (χ1n) is 5.38. The molecule has 2 rings (SSSR count). The summed E-state index contributed by atoms with van der Waals surface area (Å²) in [7, 11) is 2.12. The Labute approximate surface area is 90.1 Å². The molecular formula is C11H18N2O2. The molecule has 4 nitrogen and oxygen atoms in total. The van der Waals surface area contributed by atoms with Crippen molar-refractivity contribution in [3.63, 3.8) is 0 Å². The number of hydrogen-bond donors (Lipinski definition) is 1. The zero-order valence-electron chi connectivity index (χ0n) is 9.09. The van der Waals surface area contributed by atoms with E-state index in [1.54, 1.807) is 6.26 Å². The number of rotatable bonds is 3. The summed E-state index contributed by atoms with van der Waals surface area (Å²) in [5, 5.41) is 9.40. The third-order valence-electron chi connectivity index (χ3n) is 3.02. The van der Waals surface area contributed by atoms with Crippen LogP contribution in [0.3, 0.4) is 0 Å². The van der Waals surface area contributed by atoms with Gasteiger partial charge >= 0.3 is 0 Å². The highest BCUT2D eigenvalue weighted by atomic mass is 16.3. The van der Waals surface area contributed by atoms with Gasteiger partial charge in [-0.2, -0.15) is 0 Å². The van der Waals surface area contributed by atoms with Crippen molar-refractivity contribution in [2.75, 3.05) is 39.8 Å². The minimum Gasteiger partial charge on any atom is -0.468 e. The maximum atomic E-state index is 9.40. The fraction of sp³-hybridized carbons (Fsp3) is 0.636. The Kier molecular flexibility index (Phi) is 3.41. The lowest BCUT2D eigenvalue weighted by molar-refractivity contribution is 0.0637. The predicted octanol–water partition coefficient (Wildman–Crippen LogP) is 0.560. The number of aliphatic hydroxyl groups is 1. The number of furan rings is 1. The maximum absolute atomic E-state index is 9.40. The molecule has 0 spiro atoms. The quantitative estimate of drug-likeness (QED) is 0.791. The van der Waals surface area contributed by atoms with Crippen LogP contribution in [-0.4, -0.2) is 54.7 Å². The monoisotopic (exact) mass is 210 g/mol. The summed E-state index contributed by atoms with van der Waals surface area (Å²) in [6.45, 7) is 4.20. The van der Waals surface area contributed by atoms with Gasteiger partial charge < -0.3 is 14.4 Å². The fourth-order valence-corrected chi connectivity index (χ4v) is 2.00. The number of hydrogen-bond acceptors (Lipinski definition) is 4. The van der Waals surface area contributed by atoms with Gasteiger partial charge in [-0.1, -0.05) is 0 Å². The van der Waals surface area contributed by atoms with E-state index in [0.29, 0.717) is 0 Å². The van der Waals surface area contributed by atoms with Gasteiger partial charge in [0, 0.05) is 26.2 Å².